The Morgan fingerprint density at radius 1 is 0.615 bits per heavy atom. The molecule has 0 aromatic heterocycles. The number of likely N-dealkylation sites (tertiary alicyclic amines) is 2. The Bertz CT molecular complexity index is 340. The van der Waals surface area contributed by atoms with E-state index in [0.717, 1.165) is 18.1 Å². The van der Waals surface area contributed by atoms with Gasteiger partial charge in [0.15, 0.2) is 0 Å². The lowest BCUT2D eigenvalue weighted by atomic mass is 9.95. The van der Waals surface area contributed by atoms with Crippen LogP contribution < -0.4 is 0 Å². The van der Waals surface area contributed by atoms with E-state index in [-0.39, 0.29) is 0 Å². The highest BCUT2D eigenvalue weighted by Crippen LogP contribution is 2.22. The van der Waals surface area contributed by atoms with Crippen LogP contribution in [0.2, 0.25) is 0 Å². The summed E-state index contributed by atoms with van der Waals surface area (Å²) in [5.41, 5.74) is 0. The van der Waals surface area contributed by atoms with E-state index < -0.39 is 0 Å². The average molecular weight is 370 g/mol. The molecule has 0 N–H and O–H groups in total. The van der Waals surface area contributed by atoms with Gasteiger partial charge in [-0.2, -0.15) is 0 Å². The van der Waals surface area contributed by atoms with E-state index >= 15 is 0 Å². The van der Waals surface area contributed by atoms with Gasteiger partial charge in [0.2, 0.25) is 0 Å². The molecule has 3 atom stereocenters. The van der Waals surface area contributed by atoms with Gasteiger partial charge in [0, 0.05) is 37.8 Å². The van der Waals surface area contributed by atoms with E-state index in [0.29, 0.717) is 0 Å². The lowest BCUT2D eigenvalue weighted by molar-refractivity contribution is 0.0776. The first-order chi connectivity index (χ1) is 12.2. The van der Waals surface area contributed by atoms with Crippen LogP contribution in [0.1, 0.15) is 38.5 Å². The Balaban J connectivity index is 0.000000273. The second-order valence-corrected chi connectivity index (χ2v) is 9.32. The third kappa shape index (κ3) is 9.14. The van der Waals surface area contributed by atoms with Crippen LogP contribution in [0.3, 0.4) is 0 Å². The maximum atomic E-state index is 2.59. The fraction of sp³-hybridized carbons (Fsp3) is 1.00. The smallest absolute Gasteiger partial charge is 0.0223 e. The SMILES string of the molecule is CN(C)CC1CCCC(CN(C)C)N1C.CN(C)CC1CCCCN1C. The second kappa shape index (κ2) is 12.3. The first kappa shape index (κ1) is 23.8. The Morgan fingerprint density at radius 2 is 1.04 bits per heavy atom. The molecule has 5 heteroatoms. The monoisotopic (exact) mass is 369 g/mol. The molecule has 0 amide bonds. The Labute approximate surface area is 164 Å². The van der Waals surface area contributed by atoms with Crippen LogP contribution in [0.4, 0.5) is 0 Å². The lowest BCUT2D eigenvalue weighted by Crippen LogP contribution is -2.51. The van der Waals surface area contributed by atoms with Crippen LogP contribution in [0.25, 0.3) is 0 Å². The van der Waals surface area contributed by atoms with Crippen LogP contribution in [0.5, 0.6) is 0 Å². The van der Waals surface area contributed by atoms with E-state index in [4.69, 9.17) is 0 Å². The fourth-order valence-corrected chi connectivity index (χ4v) is 4.37. The fourth-order valence-electron chi connectivity index (χ4n) is 4.37. The largest absolute Gasteiger partial charge is 0.308 e. The van der Waals surface area contributed by atoms with Crippen molar-refractivity contribution in [3.63, 3.8) is 0 Å². The van der Waals surface area contributed by atoms with Gasteiger partial charge in [-0.25, -0.2) is 0 Å². The summed E-state index contributed by atoms with van der Waals surface area (Å²) in [7, 11) is 17.5. The van der Waals surface area contributed by atoms with Crippen LogP contribution >= 0.6 is 0 Å². The summed E-state index contributed by atoms with van der Waals surface area (Å²) in [5, 5.41) is 0. The van der Waals surface area contributed by atoms with Crippen molar-refractivity contribution in [3.05, 3.63) is 0 Å². The summed E-state index contributed by atoms with van der Waals surface area (Å²) in [4.78, 5) is 12.0. The maximum Gasteiger partial charge on any atom is 0.0223 e. The molecule has 0 saturated carbocycles. The van der Waals surface area contributed by atoms with Gasteiger partial charge in [-0.3, -0.25) is 4.90 Å². The summed E-state index contributed by atoms with van der Waals surface area (Å²) in [6.45, 7) is 4.90. The molecule has 156 valence electrons. The van der Waals surface area contributed by atoms with Gasteiger partial charge in [-0.15, -0.1) is 0 Å². The zero-order valence-electron chi connectivity index (χ0n) is 19.0. The highest BCUT2D eigenvalue weighted by molar-refractivity contribution is 4.84. The summed E-state index contributed by atoms with van der Waals surface area (Å²) >= 11 is 0. The maximum absolute atomic E-state index is 2.59. The van der Waals surface area contributed by atoms with Gasteiger partial charge in [0.25, 0.3) is 0 Å². The minimum absolute atomic E-state index is 0.749. The van der Waals surface area contributed by atoms with Gasteiger partial charge < -0.3 is 19.6 Å². The molecule has 0 spiro atoms. The number of piperidine rings is 2. The van der Waals surface area contributed by atoms with Crippen molar-refractivity contribution in [2.75, 3.05) is 82.6 Å². The van der Waals surface area contributed by atoms with Gasteiger partial charge in [-0.05, 0) is 88.6 Å². The molecule has 5 nitrogen and oxygen atoms in total. The normalized spacial score (nSPS) is 28.5. The molecule has 0 aliphatic carbocycles. The first-order valence-electron chi connectivity index (χ1n) is 10.6. The quantitative estimate of drug-likeness (QED) is 0.710. The van der Waals surface area contributed by atoms with E-state index in [2.05, 4.69) is 80.9 Å². The molecular weight excluding hydrogens is 322 g/mol. The van der Waals surface area contributed by atoms with Crippen LogP contribution in [-0.4, -0.2) is 125 Å². The Morgan fingerprint density at radius 3 is 1.46 bits per heavy atom. The lowest BCUT2D eigenvalue weighted by Gasteiger charge is -2.41. The molecule has 0 aromatic rings. The van der Waals surface area contributed by atoms with Gasteiger partial charge in [0.1, 0.15) is 0 Å². The summed E-state index contributed by atoms with van der Waals surface area (Å²) in [6, 6.07) is 2.30. The predicted octanol–water partition coefficient (Wildman–Crippen LogP) is 1.99. The number of rotatable bonds is 6. The molecule has 0 aromatic carbocycles. The zero-order valence-corrected chi connectivity index (χ0v) is 19.0. The van der Waals surface area contributed by atoms with E-state index in [1.807, 2.05) is 0 Å². The Kier molecular flexibility index (Phi) is 11.3. The molecular formula is C21H47N5. The molecule has 2 aliphatic heterocycles. The molecule has 3 unspecified atom stereocenters. The summed E-state index contributed by atoms with van der Waals surface area (Å²) < 4.78 is 0. The highest BCUT2D eigenvalue weighted by atomic mass is 15.2. The Hall–Kier alpha value is -0.200. The number of hydrogen-bond donors (Lipinski definition) is 0. The number of nitrogens with zero attached hydrogens (tertiary/aromatic N) is 5. The molecule has 2 aliphatic rings. The molecule has 2 rings (SSSR count). The van der Waals surface area contributed by atoms with Crippen molar-refractivity contribution in [3.8, 4) is 0 Å². The standard InChI is InChI=1S/C12H27N3.C9H20N2/c1-13(2)9-11-7-6-8-12(15(11)5)10-14(3)4;1-10(2)8-9-6-4-5-7-11(9)3/h11-12H,6-10H2,1-5H3;9H,4-8H2,1-3H3. The molecule has 26 heavy (non-hydrogen) atoms. The summed E-state index contributed by atoms with van der Waals surface area (Å²) in [5.74, 6) is 0. The van der Waals surface area contributed by atoms with E-state index in [1.165, 1.54) is 64.7 Å². The topological polar surface area (TPSA) is 16.2 Å². The second-order valence-electron chi connectivity index (χ2n) is 9.32. The van der Waals surface area contributed by atoms with Crippen molar-refractivity contribution in [2.24, 2.45) is 0 Å². The van der Waals surface area contributed by atoms with E-state index in [9.17, 15) is 0 Å². The van der Waals surface area contributed by atoms with Crippen molar-refractivity contribution >= 4 is 0 Å². The van der Waals surface area contributed by atoms with E-state index in [1.54, 1.807) is 0 Å². The zero-order chi connectivity index (χ0) is 19.7. The van der Waals surface area contributed by atoms with Crippen molar-refractivity contribution in [2.45, 2.75) is 56.7 Å². The van der Waals surface area contributed by atoms with Crippen molar-refractivity contribution < 1.29 is 0 Å². The molecule has 0 radical (unpaired) electrons. The van der Waals surface area contributed by atoms with Gasteiger partial charge in [0.05, 0.1) is 0 Å². The average Bonchev–Trinajstić information content (AvgIpc) is 2.53. The predicted molar refractivity (Wildman–Crippen MR) is 115 cm³/mol. The number of hydrogen-bond acceptors (Lipinski definition) is 5. The van der Waals surface area contributed by atoms with Gasteiger partial charge >= 0.3 is 0 Å². The first-order valence-corrected chi connectivity index (χ1v) is 10.6. The van der Waals surface area contributed by atoms with Crippen molar-refractivity contribution in [1.29, 1.82) is 0 Å². The van der Waals surface area contributed by atoms with Gasteiger partial charge in [-0.1, -0.05) is 12.8 Å². The highest BCUT2D eigenvalue weighted by Gasteiger charge is 2.27. The van der Waals surface area contributed by atoms with Crippen LogP contribution in [0, 0.1) is 0 Å². The number of likely N-dealkylation sites (N-methyl/N-ethyl adjacent to an activating group) is 5. The molecule has 2 heterocycles. The summed E-state index contributed by atoms with van der Waals surface area (Å²) in [6.07, 6.45) is 8.30. The molecule has 0 bridgehead atoms. The third-order valence-corrected chi connectivity index (χ3v) is 5.88. The van der Waals surface area contributed by atoms with Crippen molar-refractivity contribution in [1.82, 2.24) is 24.5 Å². The molecule has 2 saturated heterocycles. The van der Waals surface area contributed by atoms with Crippen LogP contribution in [-0.2, 0) is 0 Å². The van der Waals surface area contributed by atoms with Crippen LogP contribution in [0.15, 0.2) is 0 Å². The molecule has 2 fully saturated rings. The third-order valence-electron chi connectivity index (χ3n) is 5.88. The minimum Gasteiger partial charge on any atom is -0.308 e. The minimum atomic E-state index is 0.749.